The fourth-order valence-corrected chi connectivity index (χ4v) is 2.81. The minimum Gasteiger partial charge on any atom is -0.370 e. The summed E-state index contributed by atoms with van der Waals surface area (Å²) in [5.74, 6) is 0. The third-order valence-electron chi connectivity index (χ3n) is 4.36. The molecule has 1 N–H and O–H groups in total. The summed E-state index contributed by atoms with van der Waals surface area (Å²) in [6.07, 6.45) is 1.23. The van der Waals surface area contributed by atoms with E-state index in [-0.39, 0.29) is 0 Å². The fourth-order valence-electron chi connectivity index (χ4n) is 2.81. The van der Waals surface area contributed by atoms with E-state index < -0.39 is 0 Å². The predicted octanol–water partition coefficient (Wildman–Crippen LogP) is 2.11. The number of nitrogens with zero attached hydrogens (tertiary/aromatic N) is 2. The minimum absolute atomic E-state index is 0.573. The molecule has 0 aliphatic carbocycles. The highest BCUT2D eigenvalue weighted by molar-refractivity contribution is 5.47. The number of benzene rings is 1. The molecular formula is C16H27N3. The molecule has 1 aromatic rings. The molecule has 1 saturated heterocycles. The standard InChI is InChI=1S/C16H27N3/c1-13-5-7-15(8-6-13)19-10-9-14(2)18(4)16(12-19)11-17-3/h5-8,14,16-17H,9-12H2,1-4H3. The molecule has 0 radical (unpaired) electrons. The Hall–Kier alpha value is -1.06. The summed E-state index contributed by atoms with van der Waals surface area (Å²) in [5, 5.41) is 3.33. The molecular weight excluding hydrogens is 234 g/mol. The zero-order chi connectivity index (χ0) is 13.8. The van der Waals surface area contributed by atoms with Crippen LogP contribution in [0.2, 0.25) is 0 Å². The molecule has 1 fully saturated rings. The highest BCUT2D eigenvalue weighted by atomic mass is 15.3. The number of anilines is 1. The van der Waals surface area contributed by atoms with Gasteiger partial charge in [-0.15, -0.1) is 0 Å². The van der Waals surface area contributed by atoms with Crippen LogP contribution in [0.5, 0.6) is 0 Å². The van der Waals surface area contributed by atoms with Crippen LogP contribution >= 0.6 is 0 Å². The lowest BCUT2D eigenvalue weighted by Crippen LogP contribution is -2.47. The van der Waals surface area contributed by atoms with E-state index in [4.69, 9.17) is 0 Å². The van der Waals surface area contributed by atoms with Crippen molar-refractivity contribution in [3.63, 3.8) is 0 Å². The molecule has 19 heavy (non-hydrogen) atoms. The van der Waals surface area contributed by atoms with Gasteiger partial charge in [0.15, 0.2) is 0 Å². The zero-order valence-electron chi connectivity index (χ0n) is 12.7. The lowest BCUT2D eigenvalue weighted by Gasteiger charge is -2.32. The summed E-state index contributed by atoms with van der Waals surface area (Å²) in [7, 11) is 4.30. The quantitative estimate of drug-likeness (QED) is 0.899. The van der Waals surface area contributed by atoms with E-state index in [1.807, 2.05) is 7.05 Å². The summed E-state index contributed by atoms with van der Waals surface area (Å²) in [5.41, 5.74) is 2.69. The van der Waals surface area contributed by atoms with Crippen LogP contribution in [0.1, 0.15) is 18.9 Å². The van der Waals surface area contributed by atoms with Gasteiger partial charge in [-0.05, 0) is 46.5 Å². The number of rotatable bonds is 3. The van der Waals surface area contributed by atoms with Crippen molar-refractivity contribution in [2.24, 2.45) is 0 Å². The van der Waals surface area contributed by atoms with Crippen LogP contribution in [0.25, 0.3) is 0 Å². The molecule has 0 aromatic heterocycles. The van der Waals surface area contributed by atoms with Crippen molar-refractivity contribution in [3.05, 3.63) is 29.8 Å². The molecule has 106 valence electrons. The van der Waals surface area contributed by atoms with Crippen molar-refractivity contribution in [2.75, 3.05) is 38.6 Å². The summed E-state index contributed by atoms with van der Waals surface area (Å²) in [6.45, 7) is 7.77. The van der Waals surface area contributed by atoms with E-state index in [0.29, 0.717) is 12.1 Å². The van der Waals surface area contributed by atoms with Crippen molar-refractivity contribution in [2.45, 2.75) is 32.4 Å². The van der Waals surface area contributed by atoms with Crippen LogP contribution in [0.4, 0.5) is 5.69 Å². The van der Waals surface area contributed by atoms with Gasteiger partial charge in [0.1, 0.15) is 0 Å². The Bertz CT molecular complexity index is 387. The third-order valence-corrected chi connectivity index (χ3v) is 4.36. The second-order valence-electron chi connectivity index (χ2n) is 5.80. The Balaban J connectivity index is 2.14. The predicted molar refractivity (Wildman–Crippen MR) is 82.9 cm³/mol. The van der Waals surface area contributed by atoms with Crippen LogP contribution in [0.3, 0.4) is 0 Å². The second-order valence-corrected chi connectivity index (χ2v) is 5.80. The highest BCUT2D eigenvalue weighted by Crippen LogP contribution is 2.21. The molecule has 0 spiro atoms. The Kier molecular flexibility index (Phi) is 4.83. The molecule has 0 bridgehead atoms. The summed E-state index contributed by atoms with van der Waals surface area (Å²) >= 11 is 0. The average molecular weight is 261 g/mol. The summed E-state index contributed by atoms with van der Waals surface area (Å²) in [4.78, 5) is 5.05. The zero-order valence-corrected chi connectivity index (χ0v) is 12.7. The van der Waals surface area contributed by atoms with Crippen molar-refractivity contribution < 1.29 is 0 Å². The van der Waals surface area contributed by atoms with E-state index in [2.05, 4.69) is 60.3 Å². The van der Waals surface area contributed by atoms with Gasteiger partial charge in [0.2, 0.25) is 0 Å². The Labute approximate surface area is 117 Å². The molecule has 1 heterocycles. The summed E-state index contributed by atoms with van der Waals surface area (Å²) < 4.78 is 0. The van der Waals surface area contributed by atoms with Gasteiger partial charge in [-0.2, -0.15) is 0 Å². The average Bonchev–Trinajstić information content (AvgIpc) is 2.54. The van der Waals surface area contributed by atoms with Gasteiger partial charge in [0.25, 0.3) is 0 Å². The van der Waals surface area contributed by atoms with Gasteiger partial charge >= 0.3 is 0 Å². The monoisotopic (exact) mass is 261 g/mol. The van der Waals surface area contributed by atoms with Crippen LogP contribution < -0.4 is 10.2 Å². The lowest BCUT2D eigenvalue weighted by atomic mass is 10.2. The van der Waals surface area contributed by atoms with Crippen LogP contribution in [-0.2, 0) is 0 Å². The maximum absolute atomic E-state index is 3.33. The molecule has 1 aliphatic rings. The van der Waals surface area contributed by atoms with E-state index in [1.165, 1.54) is 17.7 Å². The number of likely N-dealkylation sites (N-methyl/N-ethyl adjacent to an activating group) is 2. The van der Waals surface area contributed by atoms with Crippen molar-refractivity contribution in [1.29, 1.82) is 0 Å². The van der Waals surface area contributed by atoms with E-state index >= 15 is 0 Å². The highest BCUT2D eigenvalue weighted by Gasteiger charge is 2.26. The maximum atomic E-state index is 3.33. The first-order valence-electron chi connectivity index (χ1n) is 7.30. The smallest absolute Gasteiger partial charge is 0.0395 e. The summed E-state index contributed by atoms with van der Waals surface area (Å²) in [6, 6.07) is 10.1. The number of hydrogen-bond donors (Lipinski definition) is 1. The lowest BCUT2D eigenvalue weighted by molar-refractivity contribution is 0.195. The van der Waals surface area contributed by atoms with Crippen molar-refractivity contribution >= 4 is 5.69 Å². The number of nitrogens with one attached hydrogen (secondary N) is 1. The Morgan fingerprint density at radius 1 is 1.26 bits per heavy atom. The molecule has 0 saturated carbocycles. The molecule has 3 nitrogen and oxygen atoms in total. The molecule has 3 heteroatoms. The van der Waals surface area contributed by atoms with Crippen molar-refractivity contribution in [1.82, 2.24) is 10.2 Å². The Morgan fingerprint density at radius 3 is 2.58 bits per heavy atom. The van der Waals surface area contributed by atoms with Gasteiger partial charge in [0.05, 0.1) is 0 Å². The third kappa shape index (κ3) is 3.48. The molecule has 1 aliphatic heterocycles. The van der Waals surface area contributed by atoms with E-state index in [1.54, 1.807) is 0 Å². The minimum atomic E-state index is 0.573. The first-order chi connectivity index (χ1) is 9.11. The normalized spacial score (nSPS) is 25.4. The van der Waals surface area contributed by atoms with E-state index in [9.17, 15) is 0 Å². The number of hydrogen-bond acceptors (Lipinski definition) is 3. The largest absolute Gasteiger partial charge is 0.370 e. The first-order valence-corrected chi connectivity index (χ1v) is 7.30. The second kappa shape index (κ2) is 6.40. The molecule has 1 aromatic carbocycles. The van der Waals surface area contributed by atoms with Gasteiger partial charge in [-0.25, -0.2) is 0 Å². The molecule has 0 amide bonds. The number of aryl methyl sites for hydroxylation is 1. The first kappa shape index (κ1) is 14.4. The van der Waals surface area contributed by atoms with Gasteiger partial charge in [-0.1, -0.05) is 17.7 Å². The van der Waals surface area contributed by atoms with Crippen LogP contribution in [0, 0.1) is 6.92 Å². The van der Waals surface area contributed by atoms with Gasteiger partial charge in [-0.3, -0.25) is 4.90 Å². The topological polar surface area (TPSA) is 18.5 Å². The SMILES string of the molecule is CNCC1CN(c2ccc(C)cc2)CCC(C)N1C. The van der Waals surface area contributed by atoms with Crippen LogP contribution in [-0.4, -0.2) is 50.7 Å². The van der Waals surface area contributed by atoms with Crippen molar-refractivity contribution in [3.8, 4) is 0 Å². The fraction of sp³-hybridized carbons (Fsp3) is 0.625. The maximum Gasteiger partial charge on any atom is 0.0395 e. The van der Waals surface area contributed by atoms with Crippen LogP contribution in [0.15, 0.2) is 24.3 Å². The Morgan fingerprint density at radius 2 is 1.95 bits per heavy atom. The molecule has 2 unspecified atom stereocenters. The van der Waals surface area contributed by atoms with Gasteiger partial charge < -0.3 is 10.2 Å². The molecule has 2 rings (SSSR count). The van der Waals surface area contributed by atoms with E-state index in [0.717, 1.165) is 19.6 Å². The van der Waals surface area contributed by atoms with Gasteiger partial charge in [0, 0.05) is 37.4 Å². The molecule has 2 atom stereocenters.